The number of benzene rings is 1. The molecule has 106 valence electrons. The summed E-state index contributed by atoms with van der Waals surface area (Å²) in [5, 5.41) is 7.41. The third kappa shape index (κ3) is 3.25. The van der Waals surface area contributed by atoms with Crippen LogP contribution in [0.4, 0.5) is 5.69 Å². The van der Waals surface area contributed by atoms with Gasteiger partial charge in [0.25, 0.3) is 0 Å². The van der Waals surface area contributed by atoms with Crippen LogP contribution in [-0.2, 0) is 13.0 Å². The first-order chi connectivity index (χ1) is 10.3. The van der Waals surface area contributed by atoms with Gasteiger partial charge in [-0.25, -0.2) is 14.6 Å². The molecule has 0 radical (unpaired) electrons. The minimum Gasteiger partial charge on any atom is -0.380 e. The molecule has 0 aliphatic rings. The lowest BCUT2D eigenvalue weighted by molar-refractivity contribution is 0.845. The van der Waals surface area contributed by atoms with Gasteiger partial charge in [-0.2, -0.15) is 5.10 Å². The highest BCUT2D eigenvalue weighted by atomic mass is 15.3. The standard InChI is InChI=1S/C16H17N5/c1-2-13-3-5-14(6-4-13)9-18-15-7-8-16(19-10-15)21-12-17-11-20-21/h3-8,10-12,18H,2,9H2,1H3. The summed E-state index contributed by atoms with van der Waals surface area (Å²) < 4.78 is 1.63. The first kappa shape index (κ1) is 13.3. The van der Waals surface area contributed by atoms with Crippen LogP contribution in [-0.4, -0.2) is 19.7 Å². The minimum atomic E-state index is 0.755. The van der Waals surface area contributed by atoms with E-state index in [1.54, 1.807) is 17.2 Å². The molecular formula is C16H17N5. The Kier molecular flexibility index (Phi) is 3.91. The van der Waals surface area contributed by atoms with Crippen molar-refractivity contribution >= 4 is 5.69 Å². The van der Waals surface area contributed by atoms with Crippen LogP contribution in [0.25, 0.3) is 5.82 Å². The number of anilines is 1. The predicted molar refractivity (Wildman–Crippen MR) is 82.3 cm³/mol. The minimum absolute atomic E-state index is 0.755. The SMILES string of the molecule is CCc1ccc(CNc2ccc(-n3cncn3)nc2)cc1. The summed E-state index contributed by atoms with van der Waals surface area (Å²) in [6.45, 7) is 2.95. The Balaban J connectivity index is 1.62. The van der Waals surface area contributed by atoms with Crippen molar-refractivity contribution in [2.24, 2.45) is 0 Å². The highest BCUT2D eigenvalue weighted by molar-refractivity contribution is 5.44. The third-order valence-electron chi connectivity index (χ3n) is 3.33. The number of hydrogen-bond donors (Lipinski definition) is 1. The van der Waals surface area contributed by atoms with E-state index < -0.39 is 0 Å². The highest BCUT2D eigenvalue weighted by Crippen LogP contribution is 2.11. The van der Waals surface area contributed by atoms with Gasteiger partial charge in [-0.05, 0) is 29.7 Å². The van der Waals surface area contributed by atoms with E-state index in [2.05, 4.69) is 51.6 Å². The van der Waals surface area contributed by atoms with Gasteiger partial charge in [-0.3, -0.25) is 0 Å². The lowest BCUT2D eigenvalue weighted by atomic mass is 10.1. The molecule has 1 N–H and O–H groups in total. The van der Waals surface area contributed by atoms with E-state index in [1.165, 1.54) is 17.5 Å². The molecule has 0 saturated heterocycles. The van der Waals surface area contributed by atoms with Crippen molar-refractivity contribution in [2.75, 3.05) is 5.32 Å². The summed E-state index contributed by atoms with van der Waals surface area (Å²) in [5.74, 6) is 0.755. The summed E-state index contributed by atoms with van der Waals surface area (Å²) in [4.78, 5) is 8.27. The van der Waals surface area contributed by atoms with Gasteiger partial charge in [0.1, 0.15) is 12.7 Å². The number of rotatable bonds is 5. The van der Waals surface area contributed by atoms with Gasteiger partial charge in [-0.1, -0.05) is 31.2 Å². The molecule has 0 spiro atoms. The summed E-state index contributed by atoms with van der Waals surface area (Å²) in [5.41, 5.74) is 3.60. The number of pyridine rings is 1. The van der Waals surface area contributed by atoms with E-state index in [0.717, 1.165) is 24.5 Å². The monoisotopic (exact) mass is 279 g/mol. The van der Waals surface area contributed by atoms with E-state index in [4.69, 9.17) is 0 Å². The van der Waals surface area contributed by atoms with E-state index in [1.807, 2.05) is 12.1 Å². The number of aromatic nitrogens is 4. The van der Waals surface area contributed by atoms with Gasteiger partial charge < -0.3 is 5.32 Å². The third-order valence-corrected chi connectivity index (χ3v) is 3.33. The molecule has 0 fully saturated rings. The molecule has 0 bridgehead atoms. The normalized spacial score (nSPS) is 10.5. The Labute approximate surface area is 123 Å². The van der Waals surface area contributed by atoms with Crippen LogP contribution in [0.2, 0.25) is 0 Å². The van der Waals surface area contributed by atoms with Crippen LogP contribution >= 0.6 is 0 Å². The number of hydrogen-bond acceptors (Lipinski definition) is 4. The van der Waals surface area contributed by atoms with Crippen LogP contribution in [0, 0.1) is 0 Å². The van der Waals surface area contributed by atoms with Crippen LogP contribution in [0.1, 0.15) is 18.1 Å². The average Bonchev–Trinajstić information content (AvgIpc) is 3.08. The van der Waals surface area contributed by atoms with Crippen molar-refractivity contribution < 1.29 is 0 Å². The van der Waals surface area contributed by atoms with Crippen LogP contribution in [0.3, 0.4) is 0 Å². The lowest BCUT2D eigenvalue weighted by Gasteiger charge is -2.07. The first-order valence-electron chi connectivity index (χ1n) is 6.98. The number of nitrogens with one attached hydrogen (secondary N) is 1. The molecule has 1 aromatic carbocycles. The Morgan fingerprint density at radius 2 is 1.86 bits per heavy atom. The van der Waals surface area contributed by atoms with Gasteiger partial charge in [0, 0.05) is 6.54 Å². The largest absolute Gasteiger partial charge is 0.380 e. The first-order valence-corrected chi connectivity index (χ1v) is 6.98. The van der Waals surface area contributed by atoms with E-state index in [0.29, 0.717) is 0 Å². The fourth-order valence-electron chi connectivity index (χ4n) is 2.05. The highest BCUT2D eigenvalue weighted by Gasteiger charge is 1.99. The van der Waals surface area contributed by atoms with Crippen molar-refractivity contribution in [2.45, 2.75) is 19.9 Å². The molecule has 0 saturated carbocycles. The number of nitrogens with zero attached hydrogens (tertiary/aromatic N) is 4. The maximum absolute atomic E-state index is 4.36. The fraction of sp³-hybridized carbons (Fsp3) is 0.188. The van der Waals surface area contributed by atoms with Gasteiger partial charge in [0.2, 0.25) is 0 Å². The topological polar surface area (TPSA) is 55.6 Å². The molecule has 5 nitrogen and oxygen atoms in total. The molecular weight excluding hydrogens is 262 g/mol. The summed E-state index contributed by atoms with van der Waals surface area (Å²) in [6.07, 6.45) is 6.00. The van der Waals surface area contributed by atoms with Gasteiger partial charge in [0.15, 0.2) is 5.82 Å². The lowest BCUT2D eigenvalue weighted by Crippen LogP contribution is -2.02. The van der Waals surface area contributed by atoms with E-state index in [-0.39, 0.29) is 0 Å². The second-order valence-electron chi connectivity index (χ2n) is 4.77. The molecule has 3 rings (SSSR count). The Bertz CT molecular complexity index is 672. The Morgan fingerprint density at radius 1 is 1.05 bits per heavy atom. The van der Waals surface area contributed by atoms with E-state index >= 15 is 0 Å². The molecule has 0 aliphatic carbocycles. The summed E-state index contributed by atoms with van der Waals surface area (Å²) >= 11 is 0. The van der Waals surface area contributed by atoms with Gasteiger partial charge in [0.05, 0.1) is 11.9 Å². The molecule has 0 atom stereocenters. The molecule has 21 heavy (non-hydrogen) atoms. The van der Waals surface area contributed by atoms with E-state index in [9.17, 15) is 0 Å². The van der Waals surface area contributed by atoms with Crippen molar-refractivity contribution in [3.05, 3.63) is 66.4 Å². The van der Waals surface area contributed by atoms with Crippen LogP contribution < -0.4 is 5.32 Å². The smallest absolute Gasteiger partial charge is 0.155 e. The Hall–Kier alpha value is -2.69. The van der Waals surface area contributed by atoms with Crippen molar-refractivity contribution in [1.82, 2.24) is 19.7 Å². The fourth-order valence-corrected chi connectivity index (χ4v) is 2.05. The van der Waals surface area contributed by atoms with Crippen LogP contribution in [0.5, 0.6) is 0 Å². The van der Waals surface area contributed by atoms with Gasteiger partial charge >= 0.3 is 0 Å². The second kappa shape index (κ2) is 6.17. The average molecular weight is 279 g/mol. The summed E-state index contributed by atoms with van der Waals surface area (Å²) in [7, 11) is 0. The molecule has 2 heterocycles. The quantitative estimate of drug-likeness (QED) is 0.780. The van der Waals surface area contributed by atoms with Crippen molar-refractivity contribution in [1.29, 1.82) is 0 Å². The van der Waals surface area contributed by atoms with Crippen molar-refractivity contribution in [3.8, 4) is 5.82 Å². The molecule has 0 unspecified atom stereocenters. The van der Waals surface area contributed by atoms with Crippen LogP contribution in [0.15, 0.2) is 55.2 Å². The van der Waals surface area contributed by atoms with Crippen molar-refractivity contribution in [3.63, 3.8) is 0 Å². The zero-order valence-corrected chi connectivity index (χ0v) is 11.9. The summed E-state index contributed by atoms with van der Waals surface area (Å²) in [6, 6.07) is 12.6. The zero-order valence-electron chi connectivity index (χ0n) is 11.9. The molecule has 2 aromatic heterocycles. The Morgan fingerprint density at radius 3 is 2.48 bits per heavy atom. The molecule has 0 amide bonds. The second-order valence-corrected chi connectivity index (χ2v) is 4.77. The maximum Gasteiger partial charge on any atom is 0.155 e. The molecule has 5 heteroatoms. The van der Waals surface area contributed by atoms with Gasteiger partial charge in [-0.15, -0.1) is 0 Å². The maximum atomic E-state index is 4.36. The zero-order chi connectivity index (χ0) is 14.5. The molecule has 3 aromatic rings. The molecule has 0 aliphatic heterocycles. The predicted octanol–water partition coefficient (Wildman–Crippen LogP) is 2.84. The number of aryl methyl sites for hydroxylation is 1.